The molecule has 0 saturated heterocycles. The summed E-state index contributed by atoms with van der Waals surface area (Å²) in [5.74, 6) is -0.0150. The number of halogens is 3. The normalized spacial score (nSPS) is 20.0. The van der Waals surface area contributed by atoms with E-state index in [2.05, 4.69) is 15.0 Å². The molecule has 1 aromatic carbocycles. The lowest BCUT2D eigenvalue weighted by molar-refractivity contribution is -0.153. The van der Waals surface area contributed by atoms with Crippen molar-refractivity contribution in [1.29, 1.82) is 0 Å². The van der Waals surface area contributed by atoms with Crippen molar-refractivity contribution in [2.45, 2.75) is 31.5 Å². The maximum absolute atomic E-state index is 12.4. The van der Waals surface area contributed by atoms with Gasteiger partial charge in [0.2, 0.25) is 5.91 Å². The summed E-state index contributed by atoms with van der Waals surface area (Å²) in [6.45, 7) is 0.376. The van der Waals surface area contributed by atoms with Gasteiger partial charge in [-0.25, -0.2) is 0 Å². The highest BCUT2D eigenvalue weighted by Crippen LogP contribution is 2.48. The van der Waals surface area contributed by atoms with E-state index in [0.29, 0.717) is 12.1 Å². The molecule has 3 rings (SSSR count). The lowest BCUT2D eigenvalue weighted by Crippen LogP contribution is -2.29. The highest BCUT2D eigenvalue weighted by Gasteiger charge is 2.44. The second-order valence-electron chi connectivity index (χ2n) is 6.60. The summed E-state index contributed by atoms with van der Waals surface area (Å²) in [4.78, 5) is 16.4. The number of amides is 1. The van der Waals surface area contributed by atoms with Gasteiger partial charge in [0.1, 0.15) is 11.5 Å². The van der Waals surface area contributed by atoms with E-state index in [9.17, 15) is 23.1 Å². The fourth-order valence-electron chi connectivity index (χ4n) is 2.90. The number of benzene rings is 1. The first kappa shape index (κ1) is 19.0. The average Bonchev–Trinajstić information content (AvgIpc) is 3.41. The van der Waals surface area contributed by atoms with Gasteiger partial charge in [0.05, 0.1) is 17.9 Å². The summed E-state index contributed by atoms with van der Waals surface area (Å²) < 4.78 is 41.0. The average molecular weight is 380 g/mol. The molecule has 1 heterocycles. The molecule has 1 saturated carbocycles. The molecule has 2 unspecified atom stereocenters. The fourth-order valence-corrected chi connectivity index (χ4v) is 2.90. The van der Waals surface area contributed by atoms with Crippen molar-refractivity contribution in [3.05, 3.63) is 53.9 Å². The third kappa shape index (κ3) is 5.12. The predicted octanol–water partition coefficient (Wildman–Crippen LogP) is 3.71. The third-order valence-corrected chi connectivity index (χ3v) is 4.39. The second kappa shape index (κ2) is 7.46. The summed E-state index contributed by atoms with van der Waals surface area (Å²) in [5.41, 5.74) is 1.45. The number of rotatable bonds is 6. The van der Waals surface area contributed by atoms with E-state index >= 15 is 0 Å². The number of phenolic OH excluding ortho intramolecular Hbond substituents is 1. The zero-order chi connectivity index (χ0) is 19.6. The van der Waals surface area contributed by atoms with Crippen LogP contribution in [0.5, 0.6) is 11.5 Å². The van der Waals surface area contributed by atoms with Crippen molar-refractivity contribution in [2.24, 2.45) is 5.92 Å². The standard InChI is InChI=1S/C19H19F3N2O3/c1-11(17-6-5-14(9-23-17)27-10-19(20,21)22)24-18(26)16-8-15(16)12-3-2-4-13(25)7-12/h2-7,9,11,15-16,25H,8,10H2,1H3,(H,24,26)/t11-,15?,16?/m1/s1. The first-order valence-electron chi connectivity index (χ1n) is 8.48. The number of alkyl halides is 3. The van der Waals surface area contributed by atoms with Crippen molar-refractivity contribution < 1.29 is 27.8 Å². The van der Waals surface area contributed by atoms with Gasteiger partial charge in [0, 0.05) is 5.92 Å². The maximum atomic E-state index is 12.4. The zero-order valence-corrected chi connectivity index (χ0v) is 14.5. The van der Waals surface area contributed by atoms with Crippen LogP contribution in [-0.2, 0) is 4.79 Å². The van der Waals surface area contributed by atoms with Gasteiger partial charge in [0.15, 0.2) is 6.61 Å². The largest absolute Gasteiger partial charge is 0.508 e. The lowest BCUT2D eigenvalue weighted by atomic mass is 10.1. The van der Waals surface area contributed by atoms with Gasteiger partial charge in [-0.1, -0.05) is 12.1 Å². The number of nitrogens with zero attached hydrogens (tertiary/aromatic N) is 1. The monoisotopic (exact) mass is 380 g/mol. The van der Waals surface area contributed by atoms with Crippen molar-refractivity contribution >= 4 is 5.91 Å². The topological polar surface area (TPSA) is 71.5 Å². The van der Waals surface area contributed by atoms with Crippen LogP contribution in [0, 0.1) is 5.92 Å². The number of hydrogen-bond acceptors (Lipinski definition) is 4. The van der Waals surface area contributed by atoms with Crippen LogP contribution in [0.2, 0.25) is 0 Å². The minimum atomic E-state index is -4.41. The molecule has 0 spiro atoms. The Balaban J connectivity index is 1.53. The van der Waals surface area contributed by atoms with Crippen LogP contribution in [0.15, 0.2) is 42.6 Å². The van der Waals surface area contributed by atoms with E-state index in [4.69, 9.17) is 0 Å². The molecule has 0 bridgehead atoms. The van der Waals surface area contributed by atoms with Crippen molar-refractivity contribution in [1.82, 2.24) is 10.3 Å². The molecule has 0 radical (unpaired) electrons. The van der Waals surface area contributed by atoms with E-state index in [0.717, 1.165) is 5.56 Å². The van der Waals surface area contributed by atoms with Gasteiger partial charge in [-0.05, 0) is 49.1 Å². The molecule has 1 fully saturated rings. The molecule has 5 nitrogen and oxygen atoms in total. The summed E-state index contributed by atoms with van der Waals surface area (Å²) >= 11 is 0. The second-order valence-corrected chi connectivity index (χ2v) is 6.60. The molecular weight excluding hydrogens is 361 g/mol. The smallest absolute Gasteiger partial charge is 0.422 e. The Morgan fingerprint density at radius 1 is 1.37 bits per heavy atom. The van der Waals surface area contributed by atoms with Gasteiger partial charge in [-0.3, -0.25) is 9.78 Å². The van der Waals surface area contributed by atoms with Crippen molar-refractivity contribution in [3.63, 3.8) is 0 Å². The molecule has 27 heavy (non-hydrogen) atoms. The van der Waals surface area contributed by atoms with Crippen LogP contribution in [0.25, 0.3) is 0 Å². The van der Waals surface area contributed by atoms with E-state index in [1.54, 1.807) is 25.1 Å². The minimum Gasteiger partial charge on any atom is -0.508 e. The SMILES string of the molecule is C[C@@H](NC(=O)C1CC1c1cccc(O)c1)c1ccc(OCC(F)(F)F)cn1. The number of aromatic nitrogens is 1. The van der Waals surface area contributed by atoms with Gasteiger partial charge < -0.3 is 15.2 Å². The summed E-state index contributed by atoms with van der Waals surface area (Å²) in [6, 6.07) is 9.38. The van der Waals surface area contributed by atoms with Crippen molar-refractivity contribution in [2.75, 3.05) is 6.61 Å². The Kier molecular flexibility index (Phi) is 5.25. The molecule has 1 aromatic heterocycles. The van der Waals surface area contributed by atoms with Gasteiger partial charge in [-0.2, -0.15) is 13.2 Å². The molecule has 1 aliphatic rings. The zero-order valence-electron chi connectivity index (χ0n) is 14.5. The number of pyridine rings is 1. The number of ether oxygens (including phenoxy) is 1. The maximum Gasteiger partial charge on any atom is 0.422 e. The van der Waals surface area contributed by atoms with Crippen LogP contribution in [0.1, 0.15) is 36.6 Å². The van der Waals surface area contributed by atoms with Crippen LogP contribution in [-0.4, -0.2) is 28.8 Å². The summed E-state index contributed by atoms with van der Waals surface area (Å²) in [6.07, 6.45) is -2.49. The molecule has 2 aromatic rings. The van der Waals surface area contributed by atoms with Gasteiger partial charge in [-0.15, -0.1) is 0 Å². The quantitative estimate of drug-likeness (QED) is 0.802. The van der Waals surface area contributed by atoms with Crippen LogP contribution < -0.4 is 10.1 Å². The molecule has 144 valence electrons. The Morgan fingerprint density at radius 2 is 2.15 bits per heavy atom. The molecule has 2 N–H and O–H groups in total. The number of nitrogens with one attached hydrogen (secondary N) is 1. The van der Waals surface area contributed by atoms with Gasteiger partial charge in [0.25, 0.3) is 0 Å². The molecule has 0 aliphatic heterocycles. The number of carbonyl (C=O) groups excluding carboxylic acids is 1. The first-order chi connectivity index (χ1) is 12.7. The lowest BCUT2D eigenvalue weighted by Gasteiger charge is -2.14. The molecular formula is C19H19F3N2O3. The molecule has 1 amide bonds. The predicted molar refractivity (Wildman–Crippen MR) is 91.3 cm³/mol. The molecule has 1 aliphatic carbocycles. The first-order valence-corrected chi connectivity index (χ1v) is 8.48. The van der Waals surface area contributed by atoms with Crippen LogP contribution in [0.4, 0.5) is 13.2 Å². The Morgan fingerprint density at radius 3 is 2.78 bits per heavy atom. The number of aromatic hydroxyl groups is 1. The van der Waals surface area contributed by atoms with Crippen molar-refractivity contribution in [3.8, 4) is 11.5 Å². The van der Waals surface area contributed by atoms with E-state index < -0.39 is 12.8 Å². The van der Waals surface area contributed by atoms with Gasteiger partial charge >= 0.3 is 6.18 Å². The number of carbonyl (C=O) groups is 1. The van der Waals surface area contributed by atoms with E-state index in [-0.39, 0.29) is 35.3 Å². The third-order valence-electron chi connectivity index (χ3n) is 4.39. The highest BCUT2D eigenvalue weighted by molar-refractivity contribution is 5.83. The Hall–Kier alpha value is -2.77. The van der Waals surface area contributed by atoms with Crippen LogP contribution >= 0.6 is 0 Å². The Bertz CT molecular complexity index is 809. The van der Waals surface area contributed by atoms with Crippen LogP contribution in [0.3, 0.4) is 0 Å². The fraction of sp³-hybridized carbons (Fsp3) is 0.368. The summed E-state index contributed by atoms with van der Waals surface area (Å²) in [7, 11) is 0. The molecule has 8 heteroatoms. The Labute approximate surface area is 154 Å². The molecule has 3 atom stereocenters. The minimum absolute atomic E-state index is 0.0146. The number of phenols is 1. The highest BCUT2D eigenvalue weighted by atomic mass is 19.4. The summed E-state index contributed by atoms with van der Waals surface area (Å²) in [5, 5.41) is 12.4. The van der Waals surface area contributed by atoms with E-state index in [1.807, 2.05) is 6.07 Å². The number of hydrogen-bond donors (Lipinski definition) is 2. The van der Waals surface area contributed by atoms with E-state index in [1.165, 1.54) is 18.3 Å².